The van der Waals surface area contributed by atoms with E-state index in [9.17, 15) is 5.11 Å². The molecule has 0 aliphatic rings. The maximum atomic E-state index is 9.21. The largest absolute Gasteiger partial charge is 0.392 e. The van der Waals surface area contributed by atoms with Crippen molar-refractivity contribution in [2.75, 3.05) is 0 Å². The molecule has 2 rings (SSSR count). The fourth-order valence-electron chi connectivity index (χ4n) is 1.11. The fraction of sp³-hybridized carbons (Fsp3) is 0.143. The summed E-state index contributed by atoms with van der Waals surface area (Å²) in [5.74, 6) is 0.681. The van der Waals surface area contributed by atoms with Gasteiger partial charge < -0.3 is 19.0 Å². The van der Waals surface area contributed by atoms with E-state index in [1.54, 1.807) is 4.26 Å². The number of hydrogen-bond acceptors (Lipinski definition) is 3. The highest BCUT2D eigenvalue weighted by Crippen LogP contribution is 2.21. The van der Waals surface area contributed by atoms with E-state index in [0.29, 0.717) is 22.8 Å². The summed E-state index contributed by atoms with van der Waals surface area (Å²) < 4.78 is 12.4. The molecule has 0 aliphatic heterocycles. The number of hydrogen-bond donors (Lipinski definition) is 3. The molecule has 10 heteroatoms. The molecule has 3 atom stereocenters. The maximum Gasteiger partial charge on any atom is 0.162 e. The van der Waals surface area contributed by atoms with Crippen LogP contribution in [0.4, 0.5) is 0 Å². The van der Waals surface area contributed by atoms with Gasteiger partial charge in [-0.3, -0.25) is 0 Å². The third-order valence-corrected chi connectivity index (χ3v) is 5.60. The van der Waals surface area contributed by atoms with Crippen LogP contribution in [0.3, 0.4) is 0 Å². The Morgan fingerprint density at radius 1 is 1.47 bits per heavy atom. The molecule has 0 saturated heterocycles. The van der Waals surface area contributed by atoms with Gasteiger partial charge in [0.1, 0.15) is 8.51 Å². The van der Waals surface area contributed by atoms with Gasteiger partial charge in [0, 0.05) is 14.1 Å². The van der Waals surface area contributed by atoms with Crippen LogP contribution in [0.15, 0.2) is 24.3 Å². The molecule has 1 aromatic heterocycles. The van der Waals surface area contributed by atoms with Crippen molar-refractivity contribution in [2.45, 2.75) is 6.61 Å². The number of nitrogens with one attached hydrogen (secondary N) is 2. The number of aromatic amines is 2. The minimum absolute atomic E-state index is 0.0254. The van der Waals surface area contributed by atoms with Crippen molar-refractivity contribution in [2.24, 2.45) is 0 Å². The molecule has 3 N–H and O–H groups in total. The van der Waals surface area contributed by atoms with Gasteiger partial charge in [0.05, 0.1) is 23.6 Å². The first-order valence-corrected chi connectivity index (χ1v) is 8.42. The lowest BCUT2D eigenvalue weighted by molar-refractivity contribution is 0.246. The van der Waals surface area contributed by atoms with Gasteiger partial charge in [0.25, 0.3) is 0 Å². The van der Waals surface area contributed by atoms with Crippen molar-refractivity contribution in [1.82, 2.24) is 17.8 Å². The van der Waals surface area contributed by atoms with E-state index in [2.05, 4.69) is 13.5 Å². The van der Waals surface area contributed by atoms with E-state index in [1.807, 2.05) is 24.3 Å². The van der Waals surface area contributed by atoms with Gasteiger partial charge in [-0.1, -0.05) is 18.2 Å². The number of aromatic nitrogens is 4. The Labute approximate surface area is 104 Å². The van der Waals surface area contributed by atoms with Gasteiger partial charge in [0.15, 0.2) is 5.75 Å². The lowest BCUT2D eigenvalue weighted by Crippen LogP contribution is -2.00. The lowest BCUT2D eigenvalue weighted by atomic mass is 10.2. The minimum atomic E-state index is -0.0254. The van der Waals surface area contributed by atoms with Crippen molar-refractivity contribution in [3.8, 4) is 5.75 Å². The van der Waals surface area contributed by atoms with E-state index in [4.69, 9.17) is 4.84 Å². The molecule has 1 heterocycles. The second-order valence-corrected chi connectivity index (χ2v) is 7.75. The molecule has 17 heavy (non-hydrogen) atoms. The van der Waals surface area contributed by atoms with Crippen molar-refractivity contribution in [3.63, 3.8) is 0 Å². The van der Waals surface area contributed by atoms with Gasteiger partial charge in [-0.2, -0.15) is 4.51 Å². The normalized spacial score (nSPS) is 11.6. The summed E-state index contributed by atoms with van der Waals surface area (Å²) in [7, 11) is 1.93. The summed E-state index contributed by atoms with van der Waals surface area (Å²) in [5.41, 5.74) is 0.780. The number of para-hydroxylation sites is 1. The van der Waals surface area contributed by atoms with E-state index in [-0.39, 0.29) is 15.1 Å². The predicted octanol–water partition coefficient (Wildman–Crippen LogP) is 2.80. The summed E-state index contributed by atoms with van der Waals surface area (Å²) in [6.45, 7) is -0.0254. The molecule has 0 radical (unpaired) electrons. The average molecular weight is 308 g/mol. The zero-order valence-electron chi connectivity index (χ0n) is 8.71. The van der Waals surface area contributed by atoms with Crippen molar-refractivity contribution >= 4 is 34.0 Å². The fourth-order valence-corrected chi connectivity index (χ4v) is 5.21. The third kappa shape index (κ3) is 3.96. The van der Waals surface area contributed by atoms with E-state index in [0.717, 1.165) is 14.1 Å². The minimum Gasteiger partial charge on any atom is -0.392 e. The molecule has 1 aromatic carbocycles. The van der Waals surface area contributed by atoms with E-state index >= 15 is 0 Å². The molecule has 0 aliphatic carbocycles. The van der Waals surface area contributed by atoms with Crippen LogP contribution in [-0.2, 0) is 6.61 Å². The summed E-state index contributed by atoms with van der Waals surface area (Å²) in [6.07, 6.45) is 0. The van der Waals surface area contributed by atoms with Crippen LogP contribution in [-0.4, -0.2) is 22.9 Å². The standard InChI is InChI=1S/C7H12N4O2P4/c12-5-6-3-1-2-4-7(6)13-11-16-9-14-8-15-10-17-11/h1-4,9,12,14,16-17H,5H2,(H,8,10). The molecule has 0 bridgehead atoms. The Morgan fingerprint density at radius 2 is 2.35 bits per heavy atom. The monoisotopic (exact) mass is 308 g/mol. The summed E-state index contributed by atoms with van der Waals surface area (Å²) in [6, 6.07) is 7.45. The van der Waals surface area contributed by atoms with Crippen LogP contribution < -0.4 is 4.84 Å². The first-order chi connectivity index (χ1) is 8.40. The Balaban J connectivity index is 2.29. The predicted molar refractivity (Wildman–Crippen MR) is 75.6 cm³/mol. The van der Waals surface area contributed by atoms with E-state index in [1.165, 1.54) is 0 Å². The number of rotatable bonds is 3. The first-order valence-electron chi connectivity index (χ1n) is 4.73. The number of nitrogens with zero attached hydrogens (tertiary/aromatic N) is 2. The molecule has 0 spiro atoms. The van der Waals surface area contributed by atoms with Gasteiger partial charge in [-0.25, -0.2) is 0 Å². The van der Waals surface area contributed by atoms with Gasteiger partial charge in [0.2, 0.25) is 0 Å². The molecule has 0 amide bonds. The highest BCUT2D eigenvalue weighted by atomic mass is 31.1. The topological polar surface area (TPSA) is 78.9 Å². The van der Waals surface area contributed by atoms with Crippen LogP contribution in [0.1, 0.15) is 5.56 Å². The molecule has 0 fully saturated rings. The highest BCUT2D eigenvalue weighted by molar-refractivity contribution is 7.44. The quantitative estimate of drug-likeness (QED) is 0.816. The van der Waals surface area contributed by atoms with Gasteiger partial charge in [-0.05, 0) is 6.07 Å². The summed E-state index contributed by atoms with van der Waals surface area (Å²) in [4.78, 5) is 5.73. The molecule has 2 aromatic rings. The SMILES string of the molecule is OCc1ccccc1On1[pH]np[nH][pH][nH][pH]1. The molecule has 0 saturated carbocycles. The highest BCUT2D eigenvalue weighted by Gasteiger charge is 2.01. The smallest absolute Gasteiger partial charge is 0.162 e. The third-order valence-electron chi connectivity index (χ3n) is 1.84. The number of aliphatic hydroxyl groups is 1. The summed E-state index contributed by atoms with van der Waals surface area (Å²) >= 11 is 0. The Hall–Kier alpha value is -0.620. The van der Waals surface area contributed by atoms with Gasteiger partial charge >= 0.3 is 0 Å². The number of benzene rings is 1. The Morgan fingerprint density at radius 3 is 3.24 bits per heavy atom. The van der Waals surface area contributed by atoms with Crippen LogP contribution in [0.2, 0.25) is 0 Å². The average Bonchev–Trinajstić information content (AvgIpc) is 2.33. The molecular formula is C7H12N4O2P4. The summed E-state index contributed by atoms with van der Waals surface area (Å²) in [5, 5.41) is 9.21. The van der Waals surface area contributed by atoms with Crippen LogP contribution in [0.25, 0.3) is 0 Å². The van der Waals surface area contributed by atoms with Crippen LogP contribution in [0, 0.1) is 0 Å². The lowest BCUT2D eigenvalue weighted by Gasteiger charge is -2.09. The van der Waals surface area contributed by atoms with Crippen molar-refractivity contribution in [1.29, 1.82) is 0 Å². The Kier molecular flexibility index (Phi) is 5.25. The number of aliphatic hydroxyl groups excluding tert-OH is 1. The molecule has 6 nitrogen and oxygen atoms in total. The zero-order chi connectivity index (χ0) is 11.9. The zero-order valence-corrected chi connectivity index (χ0v) is 12.6. The second kappa shape index (κ2) is 6.96. The van der Waals surface area contributed by atoms with Crippen molar-refractivity contribution < 1.29 is 9.94 Å². The van der Waals surface area contributed by atoms with Crippen molar-refractivity contribution in [3.05, 3.63) is 29.8 Å². The van der Waals surface area contributed by atoms with Crippen LogP contribution >= 0.6 is 34.0 Å². The maximum absolute atomic E-state index is 9.21. The van der Waals surface area contributed by atoms with Gasteiger partial charge in [-0.15, -0.1) is 4.26 Å². The molecule has 92 valence electrons. The van der Waals surface area contributed by atoms with E-state index < -0.39 is 0 Å². The van der Waals surface area contributed by atoms with Crippen LogP contribution in [0.5, 0.6) is 5.75 Å². The second-order valence-electron chi connectivity index (χ2n) is 2.93. The molecular weight excluding hydrogens is 296 g/mol. The molecule has 3 unspecified atom stereocenters. The number of H-pyrrole nitrogens is 2. The Bertz CT molecular complexity index is 510. The first kappa shape index (κ1) is 12.8.